The first kappa shape index (κ1) is 28.4. The van der Waals surface area contributed by atoms with Crippen molar-refractivity contribution < 1.29 is 22.3 Å². The van der Waals surface area contributed by atoms with Crippen molar-refractivity contribution in [3.63, 3.8) is 0 Å². The van der Waals surface area contributed by atoms with Gasteiger partial charge in [0.2, 0.25) is 5.88 Å². The molecule has 3 aromatic carbocycles. The van der Waals surface area contributed by atoms with Crippen LogP contribution < -0.4 is 4.18 Å². The Balaban J connectivity index is 1.70. The summed E-state index contributed by atoms with van der Waals surface area (Å²) in [6, 6.07) is 25.9. The molecular weight excluding hydrogens is 556 g/mol. The van der Waals surface area contributed by atoms with Crippen LogP contribution in [-0.4, -0.2) is 33.9 Å². The molecule has 0 spiro atoms. The number of ketones is 1. The van der Waals surface area contributed by atoms with Crippen LogP contribution in [0.4, 0.5) is 5.69 Å². The van der Waals surface area contributed by atoms with Crippen molar-refractivity contribution in [3.8, 4) is 11.6 Å². The van der Waals surface area contributed by atoms with Gasteiger partial charge in [0.1, 0.15) is 10.6 Å². The van der Waals surface area contributed by atoms with E-state index in [4.69, 9.17) is 4.18 Å². The molecular formula is C31H26N4O6S. The smallest absolute Gasteiger partial charge is 0.340 e. The normalized spacial score (nSPS) is 12.0. The van der Waals surface area contributed by atoms with Crippen LogP contribution >= 0.6 is 0 Å². The number of hydrogen-bond donors (Lipinski definition) is 0. The highest BCUT2D eigenvalue weighted by molar-refractivity contribution is 7.87. The summed E-state index contributed by atoms with van der Waals surface area (Å²) in [7, 11) is -4.33. The Kier molecular flexibility index (Phi) is 7.94. The zero-order chi connectivity index (χ0) is 29.9. The monoisotopic (exact) mass is 582 g/mol. The van der Waals surface area contributed by atoms with E-state index in [0.717, 1.165) is 5.56 Å². The lowest BCUT2D eigenvalue weighted by atomic mass is 9.86. The molecule has 2 heterocycles. The Morgan fingerprint density at radius 2 is 1.60 bits per heavy atom. The minimum Gasteiger partial charge on any atom is -0.358 e. The maximum absolute atomic E-state index is 13.6. The van der Waals surface area contributed by atoms with Gasteiger partial charge in [-0.3, -0.25) is 19.9 Å². The van der Waals surface area contributed by atoms with Gasteiger partial charge in [-0.25, -0.2) is 0 Å². The summed E-state index contributed by atoms with van der Waals surface area (Å²) >= 11 is 0. The molecule has 5 rings (SSSR count). The topological polar surface area (TPSA) is 134 Å². The Labute approximate surface area is 242 Å². The van der Waals surface area contributed by atoms with Crippen LogP contribution in [0.1, 0.15) is 45.2 Å². The lowest BCUT2D eigenvalue weighted by molar-refractivity contribution is -0.384. The molecule has 0 N–H and O–H groups in total. The van der Waals surface area contributed by atoms with Crippen LogP contribution in [0.25, 0.3) is 5.69 Å². The number of nitro groups is 1. The molecule has 42 heavy (non-hydrogen) atoms. The van der Waals surface area contributed by atoms with Gasteiger partial charge >= 0.3 is 10.1 Å². The molecule has 1 atom stereocenters. The zero-order valence-corrected chi connectivity index (χ0v) is 23.6. The van der Waals surface area contributed by atoms with Gasteiger partial charge in [0, 0.05) is 36.2 Å². The highest BCUT2D eigenvalue weighted by Crippen LogP contribution is 2.40. The lowest BCUT2D eigenvalue weighted by Gasteiger charge is -2.19. The van der Waals surface area contributed by atoms with Gasteiger partial charge in [-0.2, -0.15) is 18.2 Å². The van der Waals surface area contributed by atoms with Gasteiger partial charge in [0.05, 0.1) is 16.3 Å². The van der Waals surface area contributed by atoms with E-state index in [-0.39, 0.29) is 34.4 Å². The van der Waals surface area contributed by atoms with Gasteiger partial charge in [-0.15, -0.1) is 0 Å². The molecule has 0 bridgehead atoms. The van der Waals surface area contributed by atoms with Crippen molar-refractivity contribution in [2.24, 2.45) is 0 Å². The second-order valence-corrected chi connectivity index (χ2v) is 11.2. The number of non-ortho nitro benzene ring substituents is 1. The maximum atomic E-state index is 13.6. The Hall–Kier alpha value is -5.16. The molecule has 0 unspecified atom stereocenters. The van der Waals surface area contributed by atoms with E-state index in [2.05, 4.69) is 10.1 Å². The van der Waals surface area contributed by atoms with Crippen LogP contribution in [0.3, 0.4) is 0 Å². The summed E-state index contributed by atoms with van der Waals surface area (Å²) in [6.07, 6.45) is 1.38. The fraction of sp³-hybridized carbons (Fsp3) is 0.129. The number of pyridine rings is 1. The Bertz CT molecular complexity index is 1840. The lowest BCUT2D eigenvalue weighted by Crippen LogP contribution is -2.16. The number of nitro benzene ring substituents is 1. The van der Waals surface area contributed by atoms with Crippen LogP contribution in [0, 0.1) is 24.0 Å². The van der Waals surface area contributed by atoms with Crippen molar-refractivity contribution in [1.29, 1.82) is 0 Å². The summed E-state index contributed by atoms with van der Waals surface area (Å²) in [5.41, 5.74) is 2.84. The number of para-hydroxylation sites is 1. The third-order valence-corrected chi connectivity index (χ3v) is 7.98. The molecule has 0 fully saturated rings. The molecule has 0 radical (unpaired) electrons. The molecule has 0 aliphatic carbocycles. The number of nitrogens with zero attached hydrogens (tertiary/aromatic N) is 4. The number of hydrogen-bond acceptors (Lipinski definition) is 8. The highest BCUT2D eigenvalue weighted by Gasteiger charge is 2.32. The summed E-state index contributed by atoms with van der Waals surface area (Å²) in [5, 5.41) is 16.0. The van der Waals surface area contributed by atoms with E-state index in [1.165, 1.54) is 35.1 Å². The van der Waals surface area contributed by atoms with Crippen LogP contribution in [0.2, 0.25) is 0 Å². The van der Waals surface area contributed by atoms with Gasteiger partial charge in [0.25, 0.3) is 5.69 Å². The number of aryl methyl sites for hydroxylation is 2. The summed E-state index contributed by atoms with van der Waals surface area (Å²) < 4.78 is 34.4. The van der Waals surface area contributed by atoms with Crippen molar-refractivity contribution in [2.75, 3.05) is 0 Å². The predicted octanol–water partition coefficient (Wildman–Crippen LogP) is 5.96. The summed E-state index contributed by atoms with van der Waals surface area (Å²) in [4.78, 5) is 28.4. The first-order valence-corrected chi connectivity index (χ1v) is 14.4. The van der Waals surface area contributed by atoms with Gasteiger partial charge in [-0.1, -0.05) is 54.1 Å². The quantitative estimate of drug-likeness (QED) is 0.0851. The van der Waals surface area contributed by atoms with Gasteiger partial charge in [-0.05, 0) is 55.8 Å². The Morgan fingerprint density at radius 1 is 0.929 bits per heavy atom. The number of Topliss-reactive ketones (excluding diaryl/α,β-unsaturated/α-hetero) is 1. The van der Waals surface area contributed by atoms with E-state index < -0.39 is 21.0 Å². The van der Waals surface area contributed by atoms with Crippen molar-refractivity contribution in [1.82, 2.24) is 14.8 Å². The number of benzene rings is 3. The number of carbonyl (C=O) groups is 1. The maximum Gasteiger partial charge on any atom is 0.340 e. The van der Waals surface area contributed by atoms with E-state index in [1.807, 2.05) is 13.0 Å². The molecule has 5 aromatic rings. The van der Waals surface area contributed by atoms with Crippen LogP contribution in [0.15, 0.2) is 108 Å². The van der Waals surface area contributed by atoms with Gasteiger partial charge < -0.3 is 4.18 Å². The molecule has 10 nitrogen and oxygen atoms in total. The fourth-order valence-corrected chi connectivity index (χ4v) is 5.57. The van der Waals surface area contributed by atoms with E-state index in [1.54, 1.807) is 73.7 Å². The zero-order valence-electron chi connectivity index (χ0n) is 22.7. The molecule has 2 aromatic heterocycles. The van der Waals surface area contributed by atoms with Crippen molar-refractivity contribution in [3.05, 3.63) is 141 Å². The predicted molar refractivity (Wildman–Crippen MR) is 155 cm³/mol. The van der Waals surface area contributed by atoms with E-state index in [9.17, 15) is 23.3 Å². The number of carbonyl (C=O) groups excluding carboxylic acids is 1. The number of rotatable bonds is 10. The fourth-order valence-electron chi connectivity index (χ4n) is 4.63. The van der Waals surface area contributed by atoms with Gasteiger partial charge in [0.15, 0.2) is 5.78 Å². The standard InChI is InChI=1S/C31H26N4O6S/c1-21-11-17-26(18-12-21)42(39,40)41-31-30(22(2)33-34(31)24-8-4-3-5-9-24)27(20-29(36)28-10-6-7-19-32-28)23-13-15-25(16-14-23)35(37)38/h3-19,27H,20H2,1-2H3/t27-/m1/s1. The second-order valence-electron chi connectivity index (χ2n) is 9.65. The molecule has 0 aliphatic rings. The van der Waals surface area contributed by atoms with Crippen molar-refractivity contribution >= 4 is 21.6 Å². The van der Waals surface area contributed by atoms with Crippen LogP contribution in [-0.2, 0) is 10.1 Å². The van der Waals surface area contributed by atoms with Crippen molar-refractivity contribution in [2.45, 2.75) is 31.1 Å². The third kappa shape index (κ3) is 5.96. The Morgan fingerprint density at radius 3 is 2.21 bits per heavy atom. The summed E-state index contributed by atoms with van der Waals surface area (Å²) in [5.74, 6) is -1.17. The average Bonchev–Trinajstić information content (AvgIpc) is 3.31. The molecule has 11 heteroatoms. The third-order valence-electron chi connectivity index (χ3n) is 6.76. The first-order valence-electron chi connectivity index (χ1n) is 13.0. The molecule has 0 saturated heterocycles. The minimum atomic E-state index is -4.33. The molecule has 0 aliphatic heterocycles. The highest BCUT2D eigenvalue weighted by atomic mass is 32.2. The molecule has 212 valence electrons. The largest absolute Gasteiger partial charge is 0.358 e. The van der Waals surface area contributed by atoms with Crippen LogP contribution in [0.5, 0.6) is 5.88 Å². The average molecular weight is 583 g/mol. The second kappa shape index (κ2) is 11.8. The van der Waals surface area contributed by atoms with E-state index in [0.29, 0.717) is 22.5 Å². The molecule has 0 amide bonds. The summed E-state index contributed by atoms with van der Waals surface area (Å²) in [6.45, 7) is 3.54. The SMILES string of the molecule is Cc1ccc(S(=O)(=O)Oc2c([C@H](CC(=O)c3ccccn3)c3ccc([N+](=O)[O-])cc3)c(C)nn2-c2ccccc2)cc1. The first-order chi connectivity index (χ1) is 20.1. The minimum absolute atomic E-state index is 0.0473. The van der Waals surface area contributed by atoms with E-state index >= 15 is 0 Å². The number of aromatic nitrogens is 3. The molecule has 0 saturated carbocycles.